The SMILES string of the molecule is COC(=O)C1C(C)=NC2=C(C(=O)C[C@@H](c3ccco3)C2)[C@@H]1c1ccc(Cl)cc1. The quantitative estimate of drug-likeness (QED) is 0.705. The number of Topliss-reactive ketones (excluding diaryl/α,β-unsaturated/α-hetero) is 1. The van der Waals surface area contributed by atoms with E-state index in [4.69, 9.17) is 20.8 Å². The van der Waals surface area contributed by atoms with Crippen molar-refractivity contribution in [3.63, 3.8) is 0 Å². The molecule has 1 aliphatic heterocycles. The predicted molar refractivity (Wildman–Crippen MR) is 106 cm³/mol. The van der Waals surface area contributed by atoms with Gasteiger partial charge >= 0.3 is 5.97 Å². The van der Waals surface area contributed by atoms with E-state index in [9.17, 15) is 9.59 Å². The van der Waals surface area contributed by atoms with Crippen molar-refractivity contribution in [3.8, 4) is 0 Å². The predicted octanol–water partition coefficient (Wildman–Crippen LogP) is 4.68. The Morgan fingerprint density at radius 2 is 1.96 bits per heavy atom. The molecule has 0 spiro atoms. The van der Waals surface area contributed by atoms with Crippen LogP contribution < -0.4 is 0 Å². The molecule has 1 unspecified atom stereocenters. The van der Waals surface area contributed by atoms with Gasteiger partial charge in [0.2, 0.25) is 0 Å². The molecule has 0 N–H and O–H groups in total. The normalized spacial score (nSPS) is 24.6. The van der Waals surface area contributed by atoms with Gasteiger partial charge in [0, 0.05) is 46.7 Å². The Labute approximate surface area is 168 Å². The second-order valence-corrected chi connectivity index (χ2v) is 7.62. The van der Waals surface area contributed by atoms with Gasteiger partial charge in [-0.05, 0) is 36.8 Å². The number of esters is 1. The Morgan fingerprint density at radius 3 is 2.61 bits per heavy atom. The number of methoxy groups -OCH3 is 1. The topological polar surface area (TPSA) is 68.9 Å². The Bertz CT molecular complexity index is 972. The van der Waals surface area contributed by atoms with Crippen molar-refractivity contribution in [1.82, 2.24) is 0 Å². The molecule has 1 aromatic carbocycles. The van der Waals surface area contributed by atoms with Crippen LogP contribution in [-0.4, -0.2) is 24.6 Å². The Hall–Kier alpha value is -2.66. The monoisotopic (exact) mass is 397 g/mol. The lowest BCUT2D eigenvalue weighted by molar-refractivity contribution is -0.143. The third-order valence-electron chi connectivity index (χ3n) is 5.52. The van der Waals surface area contributed by atoms with Gasteiger partial charge in [0.1, 0.15) is 11.7 Å². The third-order valence-corrected chi connectivity index (χ3v) is 5.77. The summed E-state index contributed by atoms with van der Waals surface area (Å²) in [5.74, 6) is -0.720. The molecule has 0 fully saturated rings. The molecule has 0 bridgehead atoms. The van der Waals surface area contributed by atoms with Crippen molar-refractivity contribution in [3.05, 3.63) is 70.3 Å². The highest BCUT2D eigenvalue weighted by Gasteiger charge is 2.44. The van der Waals surface area contributed by atoms with E-state index < -0.39 is 17.8 Å². The Morgan fingerprint density at radius 1 is 1.21 bits per heavy atom. The molecule has 0 saturated heterocycles. The largest absolute Gasteiger partial charge is 0.469 e. The number of aliphatic imine (C=N–C) groups is 1. The number of halogens is 1. The Balaban J connectivity index is 1.82. The number of hydrogen-bond acceptors (Lipinski definition) is 5. The van der Waals surface area contributed by atoms with Crippen molar-refractivity contribution in [1.29, 1.82) is 0 Å². The maximum absolute atomic E-state index is 13.2. The number of carbonyl (C=O) groups excluding carboxylic acids is 2. The van der Waals surface area contributed by atoms with Gasteiger partial charge in [0.05, 0.1) is 13.4 Å². The van der Waals surface area contributed by atoms with Crippen LogP contribution in [0.2, 0.25) is 5.02 Å². The van der Waals surface area contributed by atoms with E-state index >= 15 is 0 Å². The zero-order chi connectivity index (χ0) is 19.8. The molecule has 28 heavy (non-hydrogen) atoms. The number of hydrogen-bond donors (Lipinski definition) is 0. The van der Waals surface area contributed by atoms with Crippen molar-refractivity contribution < 1.29 is 18.7 Å². The fourth-order valence-electron chi connectivity index (χ4n) is 4.25. The lowest BCUT2D eigenvalue weighted by Crippen LogP contribution is -2.37. The second-order valence-electron chi connectivity index (χ2n) is 7.19. The highest BCUT2D eigenvalue weighted by Crippen LogP contribution is 2.46. The first-order chi connectivity index (χ1) is 13.5. The number of carbonyl (C=O) groups is 2. The summed E-state index contributed by atoms with van der Waals surface area (Å²) in [5, 5.41) is 0.599. The summed E-state index contributed by atoms with van der Waals surface area (Å²) in [5.41, 5.74) is 2.84. The van der Waals surface area contributed by atoms with Crippen molar-refractivity contribution in [2.24, 2.45) is 10.9 Å². The maximum Gasteiger partial charge on any atom is 0.315 e. The molecule has 2 aliphatic rings. The van der Waals surface area contributed by atoms with Crippen LogP contribution >= 0.6 is 11.6 Å². The van der Waals surface area contributed by atoms with Crippen molar-refractivity contribution in [2.75, 3.05) is 7.11 Å². The molecule has 1 aliphatic carbocycles. The first-order valence-electron chi connectivity index (χ1n) is 9.17. The van der Waals surface area contributed by atoms with Gasteiger partial charge in [-0.1, -0.05) is 23.7 Å². The summed E-state index contributed by atoms with van der Waals surface area (Å²) in [6.07, 6.45) is 2.55. The summed E-state index contributed by atoms with van der Waals surface area (Å²) in [4.78, 5) is 30.4. The highest BCUT2D eigenvalue weighted by atomic mass is 35.5. The van der Waals surface area contributed by atoms with Crippen LogP contribution in [0, 0.1) is 5.92 Å². The smallest absolute Gasteiger partial charge is 0.315 e. The van der Waals surface area contributed by atoms with E-state index in [1.165, 1.54) is 7.11 Å². The number of nitrogens with zero attached hydrogens (tertiary/aromatic N) is 1. The van der Waals surface area contributed by atoms with Crippen LogP contribution in [0.25, 0.3) is 0 Å². The molecule has 0 radical (unpaired) electrons. The van der Waals surface area contributed by atoms with Gasteiger partial charge in [-0.3, -0.25) is 14.6 Å². The molecule has 1 aromatic heterocycles. The van der Waals surface area contributed by atoms with Crippen LogP contribution in [0.4, 0.5) is 0 Å². The lowest BCUT2D eigenvalue weighted by atomic mass is 9.70. The van der Waals surface area contributed by atoms with Crippen LogP contribution in [0.5, 0.6) is 0 Å². The number of allylic oxidation sites excluding steroid dienone is 2. The summed E-state index contributed by atoms with van der Waals surface area (Å²) in [6.45, 7) is 1.81. The molecule has 144 valence electrons. The van der Waals surface area contributed by atoms with Gasteiger partial charge in [-0.15, -0.1) is 0 Å². The van der Waals surface area contributed by atoms with Crippen LogP contribution in [-0.2, 0) is 14.3 Å². The van der Waals surface area contributed by atoms with Crippen LogP contribution in [0.15, 0.2) is 63.3 Å². The number of ether oxygens (including phenoxy) is 1. The van der Waals surface area contributed by atoms with Gasteiger partial charge in [0.15, 0.2) is 5.78 Å². The molecular formula is C22H20ClNO4. The second kappa shape index (κ2) is 7.40. The molecule has 5 nitrogen and oxygen atoms in total. The van der Waals surface area contributed by atoms with Crippen molar-refractivity contribution in [2.45, 2.75) is 31.6 Å². The van der Waals surface area contributed by atoms with E-state index in [1.807, 2.05) is 31.2 Å². The highest BCUT2D eigenvalue weighted by molar-refractivity contribution is 6.30. The molecule has 2 aromatic rings. The minimum Gasteiger partial charge on any atom is -0.469 e. The molecule has 2 heterocycles. The lowest BCUT2D eigenvalue weighted by Gasteiger charge is -2.35. The first kappa shape index (κ1) is 18.7. The van der Waals surface area contributed by atoms with Crippen LogP contribution in [0.1, 0.15) is 42.9 Å². The van der Waals surface area contributed by atoms with Crippen LogP contribution in [0.3, 0.4) is 0 Å². The standard InChI is InChI=1S/C22H20ClNO4/c1-12-19(22(26)27-2)20(13-5-7-15(23)8-6-13)21-16(24-12)10-14(11-17(21)25)18-4-3-9-28-18/h3-9,14,19-20H,10-11H2,1-2H3/t14-,19?,20+/m0/s1. The third kappa shape index (κ3) is 3.20. The minimum absolute atomic E-state index is 0.00671. The zero-order valence-electron chi connectivity index (χ0n) is 15.6. The number of rotatable bonds is 3. The Kier molecular flexibility index (Phi) is 4.94. The zero-order valence-corrected chi connectivity index (χ0v) is 16.4. The van der Waals surface area contributed by atoms with Gasteiger partial charge in [0.25, 0.3) is 0 Å². The first-order valence-corrected chi connectivity index (χ1v) is 9.55. The van der Waals surface area contributed by atoms with E-state index in [0.717, 1.165) is 17.0 Å². The average molecular weight is 398 g/mol. The van der Waals surface area contributed by atoms with Crippen molar-refractivity contribution >= 4 is 29.1 Å². The van der Waals surface area contributed by atoms with E-state index in [2.05, 4.69) is 4.99 Å². The summed E-state index contributed by atoms with van der Waals surface area (Å²) in [7, 11) is 1.36. The average Bonchev–Trinajstić information content (AvgIpc) is 3.21. The van der Waals surface area contributed by atoms with Gasteiger partial charge in [-0.2, -0.15) is 0 Å². The number of ketones is 1. The summed E-state index contributed by atoms with van der Waals surface area (Å²) >= 11 is 6.04. The van der Waals surface area contributed by atoms with E-state index in [0.29, 0.717) is 29.1 Å². The number of benzene rings is 1. The molecule has 0 amide bonds. The number of furan rings is 1. The summed E-state index contributed by atoms with van der Waals surface area (Å²) < 4.78 is 10.6. The molecule has 0 saturated carbocycles. The fraction of sp³-hybridized carbons (Fsp3) is 0.318. The maximum atomic E-state index is 13.2. The molecule has 4 rings (SSSR count). The molecule has 6 heteroatoms. The van der Waals surface area contributed by atoms with E-state index in [-0.39, 0.29) is 11.7 Å². The minimum atomic E-state index is -0.631. The van der Waals surface area contributed by atoms with E-state index in [1.54, 1.807) is 18.4 Å². The summed E-state index contributed by atoms with van der Waals surface area (Å²) in [6, 6.07) is 11.0. The van der Waals surface area contributed by atoms with Gasteiger partial charge in [-0.25, -0.2) is 0 Å². The molecular weight excluding hydrogens is 378 g/mol. The van der Waals surface area contributed by atoms with Gasteiger partial charge < -0.3 is 9.15 Å². The molecule has 3 atom stereocenters. The fourth-order valence-corrected chi connectivity index (χ4v) is 4.37.